The van der Waals surface area contributed by atoms with E-state index in [4.69, 9.17) is 20.8 Å². The smallest absolute Gasteiger partial charge is 0.420 e. The number of nitro groups is 1. The first-order chi connectivity index (χ1) is 13.3. The second-order valence-electron chi connectivity index (χ2n) is 5.55. The molecule has 0 saturated carbocycles. The Morgan fingerprint density at radius 1 is 1.25 bits per heavy atom. The van der Waals surface area contributed by atoms with Crippen molar-refractivity contribution in [3.05, 3.63) is 68.2 Å². The number of hydrogen-bond donors (Lipinski definition) is 1. The van der Waals surface area contributed by atoms with E-state index in [-0.39, 0.29) is 16.4 Å². The SMILES string of the molecule is O=C(COC(=O)Cn1c(=O)oc2ccccc21)Nc1cc(Cl)ccc1[N+](=O)[O-]. The number of rotatable bonds is 6. The molecular formula is C17H12ClN3O7. The van der Waals surface area contributed by atoms with Crippen LogP contribution in [-0.2, 0) is 20.9 Å². The summed E-state index contributed by atoms with van der Waals surface area (Å²) in [6, 6.07) is 10.2. The molecule has 2 aromatic carbocycles. The number of ether oxygens (including phenoxy) is 1. The minimum Gasteiger partial charge on any atom is -0.454 e. The molecule has 28 heavy (non-hydrogen) atoms. The Morgan fingerprint density at radius 2 is 2.00 bits per heavy atom. The molecule has 0 bridgehead atoms. The summed E-state index contributed by atoms with van der Waals surface area (Å²) in [4.78, 5) is 46.0. The number of carbonyl (C=O) groups excluding carboxylic acids is 2. The number of benzene rings is 2. The maximum Gasteiger partial charge on any atom is 0.420 e. The van der Waals surface area contributed by atoms with E-state index < -0.39 is 35.7 Å². The van der Waals surface area contributed by atoms with Crippen molar-refractivity contribution in [2.45, 2.75) is 6.54 Å². The summed E-state index contributed by atoms with van der Waals surface area (Å²) in [5, 5.41) is 13.4. The minimum absolute atomic E-state index is 0.129. The van der Waals surface area contributed by atoms with Crippen LogP contribution in [-0.4, -0.2) is 28.0 Å². The number of aromatic nitrogens is 1. The van der Waals surface area contributed by atoms with E-state index in [1.165, 1.54) is 12.1 Å². The molecule has 0 atom stereocenters. The van der Waals surface area contributed by atoms with Crippen molar-refractivity contribution in [1.29, 1.82) is 0 Å². The Labute approximate surface area is 161 Å². The van der Waals surface area contributed by atoms with Crippen LogP contribution in [0.15, 0.2) is 51.7 Å². The van der Waals surface area contributed by atoms with Gasteiger partial charge in [-0.05, 0) is 24.3 Å². The number of oxazole rings is 1. The first-order valence-corrected chi connectivity index (χ1v) is 8.21. The predicted molar refractivity (Wildman–Crippen MR) is 98.2 cm³/mol. The number of esters is 1. The lowest BCUT2D eigenvalue weighted by Crippen LogP contribution is -2.26. The van der Waals surface area contributed by atoms with Crippen LogP contribution in [0, 0.1) is 10.1 Å². The lowest BCUT2D eigenvalue weighted by Gasteiger charge is -2.08. The molecule has 0 spiro atoms. The number of hydrogen-bond acceptors (Lipinski definition) is 7. The van der Waals surface area contributed by atoms with Crippen molar-refractivity contribution in [2.75, 3.05) is 11.9 Å². The monoisotopic (exact) mass is 405 g/mol. The highest BCUT2D eigenvalue weighted by atomic mass is 35.5. The third kappa shape index (κ3) is 4.18. The molecule has 0 aliphatic carbocycles. The van der Waals surface area contributed by atoms with Crippen LogP contribution < -0.4 is 11.1 Å². The Bertz CT molecular complexity index is 1140. The van der Waals surface area contributed by atoms with Gasteiger partial charge in [0, 0.05) is 11.1 Å². The fourth-order valence-corrected chi connectivity index (χ4v) is 2.61. The largest absolute Gasteiger partial charge is 0.454 e. The van der Waals surface area contributed by atoms with Crippen LogP contribution >= 0.6 is 11.6 Å². The van der Waals surface area contributed by atoms with Gasteiger partial charge in [-0.15, -0.1) is 0 Å². The Balaban J connectivity index is 1.63. The summed E-state index contributed by atoms with van der Waals surface area (Å²) in [5.74, 6) is -2.40. The normalized spacial score (nSPS) is 10.6. The first kappa shape index (κ1) is 19.1. The number of anilines is 1. The zero-order valence-corrected chi connectivity index (χ0v) is 14.8. The lowest BCUT2D eigenvalue weighted by molar-refractivity contribution is -0.383. The van der Waals surface area contributed by atoms with E-state index in [1.54, 1.807) is 24.3 Å². The van der Waals surface area contributed by atoms with E-state index in [1.807, 2.05) is 0 Å². The first-order valence-electron chi connectivity index (χ1n) is 7.83. The predicted octanol–water partition coefficient (Wildman–Crippen LogP) is 2.34. The highest BCUT2D eigenvalue weighted by Gasteiger charge is 2.18. The number of carbonyl (C=O) groups is 2. The summed E-state index contributed by atoms with van der Waals surface area (Å²) in [6.07, 6.45) is 0. The Hall–Kier alpha value is -3.66. The maximum atomic E-state index is 12.0. The molecule has 0 fully saturated rings. The molecule has 1 aromatic heterocycles. The minimum atomic E-state index is -0.857. The van der Waals surface area contributed by atoms with Crippen LogP contribution in [0.4, 0.5) is 11.4 Å². The van der Waals surface area contributed by atoms with Gasteiger partial charge in [0.1, 0.15) is 12.2 Å². The molecule has 0 aliphatic heterocycles. The quantitative estimate of drug-likeness (QED) is 0.378. The second kappa shape index (κ2) is 7.92. The van der Waals surface area contributed by atoms with Crippen molar-refractivity contribution in [3.8, 4) is 0 Å². The molecule has 144 valence electrons. The Morgan fingerprint density at radius 3 is 2.75 bits per heavy atom. The summed E-state index contributed by atoms with van der Waals surface area (Å²) >= 11 is 5.77. The number of nitrogens with zero attached hydrogens (tertiary/aromatic N) is 2. The van der Waals surface area contributed by atoms with Gasteiger partial charge >= 0.3 is 11.7 Å². The van der Waals surface area contributed by atoms with E-state index in [0.717, 1.165) is 10.6 Å². The van der Waals surface area contributed by atoms with Gasteiger partial charge in [0.15, 0.2) is 12.2 Å². The number of fused-ring (bicyclic) bond motifs is 1. The number of para-hydroxylation sites is 2. The van der Waals surface area contributed by atoms with E-state index in [9.17, 15) is 24.5 Å². The molecular weight excluding hydrogens is 394 g/mol. The fraction of sp³-hybridized carbons (Fsp3) is 0.118. The molecule has 3 aromatic rings. The molecule has 0 unspecified atom stereocenters. The van der Waals surface area contributed by atoms with Crippen LogP contribution in [0.5, 0.6) is 0 Å². The summed E-state index contributed by atoms with van der Waals surface area (Å²) in [7, 11) is 0. The standard InChI is InChI=1S/C17H12ClN3O7/c18-10-5-6-12(21(25)26)11(7-10)19-15(22)9-27-16(23)8-20-13-3-1-2-4-14(13)28-17(20)24/h1-7H,8-9H2,(H,19,22). The van der Waals surface area contributed by atoms with Gasteiger partial charge in [0.05, 0.1) is 10.4 Å². The summed E-state index contributed by atoms with van der Waals surface area (Å²) < 4.78 is 10.9. The topological polar surface area (TPSA) is 134 Å². The molecule has 1 N–H and O–H groups in total. The van der Waals surface area contributed by atoms with Crippen molar-refractivity contribution in [3.63, 3.8) is 0 Å². The van der Waals surface area contributed by atoms with Crippen molar-refractivity contribution < 1.29 is 23.7 Å². The van der Waals surface area contributed by atoms with Crippen molar-refractivity contribution >= 4 is 46.0 Å². The third-order valence-electron chi connectivity index (χ3n) is 3.65. The zero-order valence-electron chi connectivity index (χ0n) is 14.1. The lowest BCUT2D eigenvalue weighted by atomic mass is 10.2. The van der Waals surface area contributed by atoms with Gasteiger partial charge in [0.2, 0.25) is 0 Å². The number of amides is 1. The van der Waals surface area contributed by atoms with Gasteiger partial charge in [-0.3, -0.25) is 24.3 Å². The average molecular weight is 406 g/mol. The number of halogens is 1. The molecule has 1 amide bonds. The molecule has 3 rings (SSSR count). The van der Waals surface area contributed by atoms with Gasteiger partial charge in [0.25, 0.3) is 11.6 Å². The van der Waals surface area contributed by atoms with E-state index >= 15 is 0 Å². The molecule has 10 nitrogen and oxygen atoms in total. The Kier molecular flexibility index (Phi) is 5.41. The molecule has 11 heteroatoms. The van der Waals surface area contributed by atoms with Crippen molar-refractivity contribution in [1.82, 2.24) is 4.57 Å². The van der Waals surface area contributed by atoms with Crippen LogP contribution in [0.1, 0.15) is 0 Å². The number of nitro benzene ring substituents is 1. The van der Waals surface area contributed by atoms with E-state index in [0.29, 0.717) is 11.1 Å². The van der Waals surface area contributed by atoms with Gasteiger partial charge in [-0.25, -0.2) is 4.79 Å². The maximum absolute atomic E-state index is 12.0. The fourth-order valence-electron chi connectivity index (χ4n) is 2.44. The van der Waals surface area contributed by atoms with E-state index in [2.05, 4.69) is 5.32 Å². The zero-order chi connectivity index (χ0) is 20.3. The van der Waals surface area contributed by atoms with Gasteiger partial charge < -0.3 is 14.5 Å². The average Bonchev–Trinajstić information content (AvgIpc) is 2.95. The van der Waals surface area contributed by atoms with Crippen LogP contribution in [0.2, 0.25) is 5.02 Å². The highest BCUT2D eigenvalue weighted by Crippen LogP contribution is 2.27. The number of nitrogens with one attached hydrogen (secondary N) is 1. The van der Waals surface area contributed by atoms with Crippen LogP contribution in [0.3, 0.4) is 0 Å². The van der Waals surface area contributed by atoms with Crippen LogP contribution in [0.25, 0.3) is 11.1 Å². The highest BCUT2D eigenvalue weighted by molar-refractivity contribution is 6.31. The molecule has 1 heterocycles. The molecule has 0 saturated heterocycles. The summed E-state index contributed by atoms with van der Waals surface area (Å²) in [5.41, 5.74) is 0.228. The molecule has 0 radical (unpaired) electrons. The van der Waals surface area contributed by atoms with Gasteiger partial charge in [-0.2, -0.15) is 0 Å². The third-order valence-corrected chi connectivity index (χ3v) is 3.89. The summed E-state index contributed by atoms with van der Waals surface area (Å²) in [6.45, 7) is -1.16. The van der Waals surface area contributed by atoms with Gasteiger partial charge in [-0.1, -0.05) is 23.7 Å². The van der Waals surface area contributed by atoms with Crippen molar-refractivity contribution in [2.24, 2.45) is 0 Å². The second-order valence-corrected chi connectivity index (χ2v) is 5.99. The molecule has 0 aliphatic rings.